The molecule has 0 aliphatic carbocycles. The predicted molar refractivity (Wildman–Crippen MR) is 58.9 cm³/mol. The average Bonchev–Trinajstić information content (AvgIpc) is 2.23. The second-order valence-electron chi connectivity index (χ2n) is 2.78. The fraction of sp³-hybridized carbons (Fsp3) is 0.500. The molecule has 0 atom stereocenters. The predicted octanol–water partition coefficient (Wildman–Crippen LogP) is 0.327. The first-order valence-electron chi connectivity index (χ1n) is 4.54. The molecule has 0 spiro atoms. The van der Waals surface area contributed by atoms with Gasteiger partial charge in [-0.15, -0.1) is 0 Å². The molecule has 0 aromatic heterocycles. The summed E-state index contributed by atoms with van der Waals surface area (Å²) in [5, 5.41) is 0. The molecule has 0 heterocycles. The van der Waals surface area contributed by atoms with Gasteiger partial charge in [0.25, 0.3) is 0 Å². The Hall–Kier alpha value is -0.650. The molecule has 0 aliphatic rings. The zero-order valence-corrected chi connectivity index (χ0v) is 8.65. The summed E-state index contributed by atoms with van der Waals surface area (Å²) in [7, 11) is 1.30. The number of ether oxygens (including phenoxy) is 2. The summed E-state index contributed by atoms with van der Waals surface area (Å²) >= 11 is 0. The van der Waals surface area contributed by atoms with Crippen LogP contribution in [0.2, 0.25) is 0 Å². The van der Waals surface area contributed by atoms with Crippen molar-refractivity contribution in [3.63, 3.8) is 0 Å². The molecule has 0 radical (unpaired) electrons. The number of carbonyl (C=O) groups is 3. The normalized spacial score (nSPS) is 8.56. The Morgan fingerprint density at radius 1 is 1.12 bits per heavy atom. The molecule has 6 heteroatoms. The molecule has 0 aromatic carbocycles. The van der Waals surface area contributed by atoms with Crippen LogP contribution in [0.4, 0.5) is 0 Å². The minimum atomic E-state index is -0.757. The van der Waals surface area contributed by atoms with E-state index in [9.17, 15) is 14.4 Å². The number of carbonyl (C=O) groups excluding carboxylic acids is 3. The van der Waals surface area contributed by atoms with Gasteiger partial charge in [0.15, 0.2) is 0 Å². The van der Waals surface area contributed by atoms with Gasteiger partial charge in [-0.2, -0.15) is 0 Å². The fourth-order valence-corrected chi connectivity index (χ4v) is 0.846. The number of hydrogen-bond donors (Lipinski definition) is 0. The van der Waals surface area contributed by atoms with Crippen molar-refractivity contribution >= 4 is 47.5 Å². The van der Waals surface area contributed by atoms with E-state index in [0.29, 0.717) is 12.8 Å². The zero-order valence-electron chi connectivity index (χ0n) is 8.65. The summed E-state index contributed by atoms with van der Waals surface area (Å²) in [6.45, 7) is 3.16. The van der Waals surface area contributed by atoms with Crippen molar-refractivity contribution < 1.29 is 23.9 Å². The van der Waals surface area contributed by atoms with Crippen LogP contribution >= 0.6 is 0 Å². The third-order valence-corrected chi connectivity index (χ3v) is 1.62. The summed E-state index contributed by atoms with van der Waals surface area (Å²) in [6, 6.07) is 0. The average molecular weight is 238 g/mol. The zero-order chi connectivity index (χ0) is 11.7. The summed E-state index contributed by atoms with van der Waals surface area (Å²) < 4.78 is 8.74. The van der Waals surface area contributed by atoms with Crippen LogP contribution in [0.25, 0.3) is 0 Å². The molecule has 0 aliphatic heterocycles. The van der Waals surface area contributed by atoms with Crippen LogP contribution < -0.4 is 0 Å². The Morgan fingerprint density at radius 2 is 1.62 bits per heavy atom. The van der Waals surface area contributed by atoms with Gasteiger partial charge in [-0.1, -0.05) is 6.58 Å². The number of esters is 3. The quantitative estimate of drug-likeness (QED) is 0.219. The van der Waals surface area contributed by atoms with E-state index in [1.807, 2.05) is 0 Å². The van der Waals surface area contributed by atoms with Gasteiger partial charge in [0.2, 0.25) is 0 Å². The van der Waals surface area contributed by atoms with Gasteiger partial charge < -0.3 is 9.47 Å². The van der Waals surface area contributed by atoms with E-state index >= 15 is 0 Å². The SMILES string of the molecule is C=CC(=O)OC(=O)CCCCC(=O)OC.[NaH]. The van der Waals surface area contributed by atoms with Crippen molar-refractivity contribution in [2.24, 2.45) is 0 Å². The number of unbranched alkanes of at least 4 members (excludes halogenated alkanes) is 1. The fourth-order valence-electron chi connectivity index (χ4n) is 0.846. The van der Waals surface area contributed by atoms with E-state index in [4.69, 9.17) is 0 Å². The van der Waals surface area contributed by atoms with Gasteiger partial charge in [-0.05, 0) is 12.8 Å². The molecular formula is C10H15NaO5. The molecule has 0 aromatic rings. The molecule has 0 saturated carbocycles. The summed E-state index contributed by atoms with van der Waals surface area (Å²) in [6.07, 6.45) is 2.31. The van der Waals surface area contributed by atoms with Crippen LogP contribution in [0.3, 0.4) is 0 Å². The number of hydrogen-bond acceptors (Lipinski definition) is 5. The van der Waals surface area contributed by atoms with Crippen LogP contribution in [0.1, 0.15) is 25.7 Å². The van der Waals surface area contributed by atoms with Crippen molar-refractivity contribution in [2.75, 3.05) is 7.11 Å². The van der Waals surface area contributed by atoms with Gasteiger partial charge in [-0.3, -0.25) is 9.59 Å². The van der Waals surface area contributed by atoms with Gasteiger partial charge in [0, 0.05) is 18.9 Å². The molecule has 0 amide bonds. The van der Waals surface area contributed by atoms with E-state index in [0.717, 1.165) is 6.08 Å². The molecule has 0 unspecified atom stereocenters. The van der Waals surface area contributed by atoms with Crippen molar-refractivity contribution in [2.45, 2.75) is 25.7 Å². The van der Waals surface area contributed by atoms with E-state index in [1.165, 1.54) is 7.11 Å². The van der Waals surface area contributed by atoms with E-state index in [1.54, 1.807) is 0 Å². The van der Waals surface area contributed by atoms with Gasteiger partial charge >= 0.3 is 47.5 Å². The van der Waals surface area contributed by atoms with Crippen LogP contribution in [0, 0.1) is 0 Å². The molecule has 0 bridgehead atoms. The first kappa shape index (κ1) is 17.7. The monoisotopic (exact) mass is 238 g/mol. The Kier molecular flexibility index (Phi) is 12.0. The number of methoxy groups -OCH3 is 1. The maximum absolute atomic E-state index is 10.9. The molecule has 16 heavy (non-hydrogen) atoms. The van der Waals surface area contributed by atoms with Crippen LogP contribution in [-0.4, -0.2) is 54.6 Å². The van der Waals surface area contributed by atoms with Crippen molar-refractivity contribution in [1.82, 2.24) is 0 Å². The minimum absolute atomic E-state index is 0. The van der Waals surface area contributed by atoms with Gasteiger partial charge in [-0.25, -0.2) is 4.79 Å². The Morgan fingerprint density at radius 3 is 2.06 bits per heavy atom. The standard InChI is InChI=1S/C10H14O5.Na.H/c1-3-8(11)15-10(13)7-5-4-6-9(12)14-2;;/h3H,1,4-7H2,2H3;;. The first-order chi connectivity index (χ1) is 7.10. The molecule has 0 rings (SSSR count). The Bertz CT molecular complexity index is 262. The second kappa shape index (κ2) is 10.9. The summed E-state index contributed by atoms with van der Waals surface area (Å²) in [5.41, 5.74) is 0. The Labute approximate surface area is 116 Å². The topological polar surface area (TPSA) is 69.7 Å². The van der Waals surface area contributed by atoms with Crippen LogP contribution in [-0.2, 0) is 23.9 Å². The molecule has 0 N–H and O–H groups in total. The van der Waals surface area contributed by atoms with E-state index in [-0.39, 0.29) is 48.4 Å². The molecule has 0 saturated heterocycles. The molecule has 0 fully saturated rings. The first-order valence-corrected chi connectivity index (χ1v) is 4.54. The third kappa shape index (κ3) is 9.89. The van der Waals surface area contributed by atoms with Gasteiger partial charge in [0.05, 0.1) is 7.11 Å². The van der Waals surface area contributed by atoms with Crippen molar-refractivity contribution in [1.29, 1.82) is 0 Å². The Balaban J connectivity index is 0. The van der Waals surface area contributed by atoms with Crippen molar-refractivity contribution in [3.05, 3.63) is 12.7 Å². The van der Waals surface area contributed by atoms with E-state index < -0.39 is 11.9 Å². The van der Waals surface area contributed by atoms with Crippen LogP contribution in [0.5, 0.6) is 0 Å². The molecule has 86 valence electrons. The van der Waals surface area contributed by atoms with Crippen molar-refractivity contribution in [3.8, 4) is 0 Å². The van der Waals surface area contributed by atoms with Crippen LogP contribution in [0.15, 0.2) is 12.7 Å². The van der Waals surface area contributed by atoms with Gasteiger partial charge in [0.1, 0.15) is 0 Å². The second-order valence-corrected chi connectivity index (χ2v) is 2.78. The summed E-state index contributed by atoms with van der Waals surface area (Å²) in [5.74, 6) is -1.68. The third-order valence-electron chi connectivity index (χ3n) is 1.62. The number of rotatable bonds is 6. The summed E-state index contributed by atoms with van der Waals surface area (Å²) in [4.78, 5) is 32.2. The molecule has 5 nitrogen and oxygen atoms in total. The van der Waals surface area contributed by atoms with E-state index in [2.05, 4.69) is 16.1 Å². The maximum atomic E-state index is 10.9. The molecular weight excluding hydrogens is 223 g/mol.